The maximum atomic E-state index is 11.6. The average Bonchev–Trinajstić information content (AvgIpc) is 2.24. The molecule has 2 rings (SSSR count). The summed E-state index contributed by atoms with van der Waals surface area (Å²) in [7, 11) is 0. The third-order valence-corrected chi connectivity index (χ3v) is 2.65. The van der Waals surface area contributed by atoms with Crippen molar-refractivity contribution in [1.29, 1.82) is 0 Å². The molecule has 0 saturated carbocycles. The number of carbonyl (C=O) groups is 1. The third-order valence-electron chi connectivity index (χ3n) is 2.65. The molecule has 1 aromatic carbocycles. The zero-order valence-electron chi connectivity index (χ0n) is 11.9. The van der Waals surface area contributed by atoms with Gasteiger partial charge in [-0.15, -0.1) is 0 Å². The molecule has 1 heterocycles. The van der Waals surface area contributed by atoms with Crippen LogP contribution in [0.1, 0.15) is 20.8 Å². The molecule has 0 atom stereocenters. The van der Waals surface area contributed by atoms with Gasteiger partial charge in [0, 0.05) is 19.2 Å². The van der Waals surface area contributed by atoms with Gasteiger partial charge in [0.25, 0.3) is 0 Å². The van der Waals surface area contributed by atoms with E-state index in [0.717, 1.165) is 13.1 Å². The lowest BCUT2D eigenvalue weighted by Gasteiger charge is -2.28. The highest BCUT2D eigenvalue weighted by Gasteiger charge is 2.20. The van der Waals surface area contributed by atoms with E-state index in [2.05, 4.69) is 10.6 Å². The maximum Gasteiger partial charge on any atom is 0.412 e. The van der Waals surface area contributed by atoms with E-state index in [1.807, 2.05) is 0 Å². The van der Waals surface area contributed by atoms with E-state index in [1.165, 1.54) is 6.07 Å². The first-order valence-corrected chi connectivity index (χ1v) is 6.54. The van der Waals surface area contributed by atoms with Crippen molar-refractivity contribution in [2.75, 3.05) is 18.4 Å². The fraction of sp³-hybridized carbons (Fsp3) is 0.500. The molecule has 0 unspecified atom stereocenters. The standard InChI is InChI=1S/C14H20N2O4/c1-14(2,3)20-13(18)16-11-5-4-9(6-12(11)17)19-10-7-15-8-10/h4-6,10,15,17H,7-8H2,1-3H3,(H,16,18). The minimum atomic E-state index is -0.607. The first kappa shape index (κ1) is 14.5. The topological polar surface area (TPSA) is 79.8 Å². The fourth-order valence-electron chi connectivity index (χ4n) is 1.64. The van der Waals surface area contributed by atoms with Crippen molar-refractivity contribution in [2.24, 2.45) is 0 Å². The van der Waals surface area contributed by atoms with Crippen molar-refractivity contribution in [3.63, 3.8) is 0 Å². The number of nitrogens with one attached hydrogen (secondary N) is 2. The van der Waals surface area contributed by atoms with Crippen LogP contribution in [0.3, 0.4) is 0 Å². The molecule has 1 saturated heterocycles. The number of phenolic OH excluding ortho intramolecular Hbond substituents is 1. The molecule has 0 aliphatic carbocycles. The number of anilines is 1. The summed E-state index contributed by atoms with van der Waals surface area (Å²) >= 11 is 0. The van der Waals surface area contributed by atoms with Crippen molar-refractivity contribution in [2.45, 2.75) is 32.5 Å². The summed E-state index contributed by atoms with van der Waals surface area (Å²) in [5.41, 5.74) is -0.293. The Bertz CT molecular complexity index is 492. The van der Waals surface area contributed by atoms with E-state index in [0.29, 0.717) is 11.4 Å². The van der Waals surface area contributed by atoms with E-state index in [9.17, 15) is 9.90 Å². The molecule has 1 aliphatic rings. The molecule has 1 aliphatic heterocycles. The van der Waals surface area contributed by atoms with Gasteiger partial charge in [-0.1, -0.05) is 0 Å². The van der Waals surface area contributed by atoms with E-state index in [4.69, 9.17) is 9.47 Å². The molecule has 0 aromatic heterocycles. The van der Waals surface area contributed by atoms with Crippen molar-refractivity contribution < 1.29 is 19.4 Å². The molecule has 6 nitrogen and oxygen atoms in total. The molecule has 20 heavy (non-hydrogen) atoms. The van der Waals surface area contributed by atoms with Crippen LogP contribution >= 0.6 is 0 Å². The Morgan fingerprint density at radius 1 is 1.40 bits per heavy atom. The number of benzene rings is 1. The van der Waals surface area contributed by atoms with Crippen LogP contribution in [0.4, 0.5) is 10.5 Å². The predicted octanol–water partition coefficient (Wildman–Crippen LogP) is 2.09. The summed E-state index contributed by atoms with van der Waals surface area (Å²) in [6, 6.07) is 4.76. The SMILES string of the molecule is CC(C)(C)OC(=O)Nc1ccc(OC2CNC2)cc1O. The number of hydrogen-bond acceptors (Lipinski definition) is 5. The minimum absolute atomic E-state index is 0.0550. The van der Waals surface area contributed by atoms with Gasteiger partial charge in [0.05, 0.1) is 5.69 Å². The molecule has 1 aromatic rings. The molecule has 1 fully saturated rings. The predicted molar refractivity (Wildman–Crippen MR) is 75.2 cm³/mol. The summed E-state index contributed by atoms with van der Waals surface area (Å²) in [6.07, 6.45) is -0.469. The van der Waals surface area contributed by atoms with Crippen LogP contribution in [0.25, 0.3) is 0 Å². The minimum Gasteiger partial charge on any atom is -0.506 e. The monoisotopic (exact) mass is 280 g/mol. The summed E-state index contributed by atoms with van der Waals surface area (Å²) < 4.78 is 10.7. The second kappa shape index (κ2) is 5.58. The van der Waals surface area contributed by atoms with Gasteiger partial charge in [0.1, 0.15) is 23.2 Å². The van der Waals surface area contributed by atoms with Crippen LogP contribution in [0.5, 0.6) is 11.5 Å². The Balaban J connectivity index is 1.96. The fourth-order valence-corrected chi connectivity index (χ4v) is 1.64. The summed E-state index contributed by atoms with van der Waals surface area (Å²) in [6.45, 7) is 6.93. The van der Waals surface area contributed by atoms with Crippen LogP contribution < -0.4 is 15.4 Å². The molecule has 1 amide bonds. The zero-order chi connectivity index (χ0) is 14.8. The van der Waals surface area contributed by atoms with Gasteiger partial charge in [-0.2, -0.15) is 0 Å². The van der Waals surface area contributed by atoms with Crippen molar-refractivity contribution in [3.05, 3.63) is 18.2 Å². The van der Waals surface area contributed by atoms with E-state index >= 15 is 0 Å². The second-order valence-electron chi connectivity index (χ2n) is 5.70. The zero-order valence-corrected chi connectivity index (χ0v) is 11.9. The Morgan fingerprint density at radius 3 is 2.60 bits per heavy atom. The van der Waals surface area contributed by atoms with E-state index in [1.54, 1.807) is 32.9 Å². The number of carbonyl (C=O) groups excluding carboxylic acids is 1. The molecule has 0 spiro atoms. The maximum absolute atomic E-state index is 11.6. The second-order valence-corrected chi connectivity index (χ2v) is 5.70. The molecule has 0 radical (unpaired) electrons. The summed E-state index contributed by atoms with van der Waals surface area (Å²) in [4.78, 5) is 11.6. The third kappa shape index (κ3) is 4.03. The first-order valence-electron chi connectivity index (χ1n) is 6.54. The van der Waals surface area contributed by atoms with E-state index < -0.39 is 11.7 Å². The van der Waals surface area contributed by atoms with Crippen molar-refractivity contribution >= 4 is 11.8 Å². The number of ether oxygens (including phenoxy) is 2. The number of aromatic hydroxyl groups is 1. The molecule has 0 bridgehead atoms. The smallest absolute Gasteiger partial charge is 0.412 e. The number of phenols is 1. The lowest BCUT2D eigenvalue weighted by Crippen LogP contribution is -2.50. The van der Waals surface area contributed by atoms with Gasteiger partial charge in [0.2, 0.25) is 0 Å². The van der Waals surface area contributed by atoms with Crippen LogP contribution in [0.2, 0.25) is 0 Å². The highest BCUT2D eigenvalue weighted by Crippen LogP contribution is 2.29. The van der Waals surface area contributed by atoms with Crippen molar-refractivity contribution in [3.8, 4) is 11.5 Å². The van der Waals surface area contributed by atoms with Gasteiger partial charge in [0.15, 0.2) is 0 Å². The van der Waals surface area contributed by atoms with Crippen LogP contribution in [0, 0.1) is 0 Å². The number of hydrogen-bond donors (Lipinski definition) is 3. The number of amides is 1. The Kier molecular flexibility index (Phi) is 4.04. The summed E-state index contributed by atoms with van der Waals surface area (Å²) in [5.74, 6) is 0.518. The normalized spacial score (nSPS) is 15.3. The van der Waals surface area contributed by atoms with Crippen LogP contribution in [-0.4, -0.2) is 36.0 Å². The Morgan fingerprint density at radius 2 is 2.10 bits per heavy atom. The average molecular weight is 280 g/mol. The number of rotatable bonds is 3. The molecule has 3 N–H and O–H groups in total. The lowest BCUT2D eigenvalue weighted by atomic mass is 10.2. The van der Waals surface area contributed by atoms with Gasteiger partial charge in [-0.3, -0.25) is 5.32 Å². The van der Waals surface area contributed by atoms with Gasteiger partial charge in [-0.25, -0.2) is 4.79 Å². The molecular weight excluding hydrogens is 260 g/mol. The van der Waals surface area contributed by atoms with Crippen LogP contribution in [-0.2, 0) is 4.74 Å². The first-order chi connectivity index (χ1) is 9.33. The molecular formula is C14H20N2O4. The van der Waals surface area contributed by atoms with Gasteiger partial charge >= 0.3 is 6.09 Å². The van der Waals surface area contributed by atoms with Crippen LogP contribution in [0.15, 0.2) is 18.2 Å². The highest BCUT2D eigenvalue weighted by molar-refractivity contribution is 5.87. The lowest BCUT2D eigenvalue weighted by molar-refractivity contribution is 0.0635. The van der Waals surface area contributed by atoms with E-state index in [-0.39, 0.29) is 11.9 Å². The van der Waals surface area contributed by atoms with Gasteiger partial charge < -0.3 is 19.9 Å². The highest BCUT2D eigenvalue weighted by atomic mass is 16.6. The molecule has 6 heteroatoms. The Hall–Kier alpha value is -1.95. The summed E-state index contributed by atoms with van der Waals surface area (Å²) in [5, 5.41) is 15.5. The quantitative estimate of drug-likeness (QED) is 0.739. The van der Waals surface area contributed by atoms with Crippen molar-refractivity contribution in [1.82, 2.24) is 5.32 Å². The molecule has 110 valence electrons. The Labute approximate surface area is 118 Å². The van der Waals surface area contributed by atoms with Gasteiger partial charge in [-0.05, 0) is 32.9 Å². The largest absolute Gasteiger partial charge is 0.506 e.